The van der Waals surface area contributed by atoms with E-state index in [1.807, 2.05) is 60.4 Å². The van der Waals surface area contributed by atoms with E-state index in [1.165, 1.54) is 0 Å². The standard InChI is InChI=1S/C36H32N6O2/c1-4-24-16-27(25-11-12-33-30(19-25)23(3)41-44-33)18-28(17-24)38-36(43)42-15-13-32-31(21-42)34(29-10-6-5-8-22(29)2)40-35(39-32)26-9-7-14-37-20-26/h5-12,14,16-20H,4,13,15,21H2,1-3H3,(H,38,43). The molecule has 0 bridgehead atoms. The zero-order valence-corrected chi connectivity index (χ0v) is 25.0. The summed E-state index contributed by atoms with van der Waals surface area (Å²) in [4.78, 5) is 29.9. The maximum absolute atomic E-state index is 13.8. The van der Waals surface area contributed by atoms with Crippen LogP contribution in [0.15, 0.2) is 89.7 Å². The minimum Gasteiger partial charge on any atom is -0.356 e. The van der Waals surface area contributed by atoms with Crippen LogP contribution in [-0.4, -0.2) is 37.6 Å². The van der Waals surface area contributed by atoms with E-state index in [1.54, 1.807) is 12.4 Å². The summed E-state index contributed by atoms with van der Waals surface area (Å²) < 4.78 is 5.40. The van der Waals surface area contributed by atoms with E-state index >= 15 is 0 Å². The highest BCUT2D eigenvalue weighted by Gasteiger charge is 2.27. The van der Waals surface area contributed by atoms with Gasteiger partial charge >= 0.3 is 6.03 Å². The van der Waals surface area contributed by atoms with Crippen molar-refractivity contribution < 1.29 is 9.32 Å². The molecule has 1 N–H and O–H groups in total. The minimum atomic E-state index is -0.146. The second-order valence-corrected chi connectivity index (χ2v) is 11.2. The van der Waals surface area contributed by atoms with Crippen LogP contribution in [0, 0.1) is 13.8 Å². The molecule has 0 saturated carbocycles. The number of carbonyl (C=O) groups excluding carboxylic acids is 1. The van der Waals surface area contributed by atoms with Gasteiger partial charge in [-0.05, 0) is 78.9 Å². The van der Waals surface area contributed by atoms with E-state index in [4.69, 9.17) is 14.5 Å². The van der Waals surface area contributed by atoms with Crippen molar-refractivity contribution in [3.63, 3.8) is 0 Å². The number of hydrogen-bond acceptors (Lipinski definition) is 6. The lowest BCUT2D eigenvalue weighted by molar-refractivity contribution is 0.206. The number of nitrogens with zero attached hydrogens (tertiary/aromatic N) is 5. The molecule has 7 rings (SSSR count). The normalized spacial score (nSPS) is 12.8. The number of aryl methyl sites for hydroxylation is 3. The first-order valence-corrected chi connectivity index (χ1v) is 14.9. The number of fused-ring (bicyclic) bond motifs is 2. The van der Waals surface area contributed by atoms with Gasteiger partial charge in [0.05, 0.1) is 23.6 Å². The number of anilines is 1. The van der Waals surface area contributed by atoms with Gasteiger partial charge < -0.3 is 14.7 Å². The SMILES string of the molecule is CCc1cc(NC(=O)N2CCc3nc(-c4cccnc4)nc(-c4ccccc4C)c3C2)cc(-c2ccc3onc(C)c3c2)c1. The average Bonchev–Trinajstić information content (AvgIpc) is 3.44. The van der Waals surface area contributed by atoms with Crippen LogP contribution in [0.5, 0.6) is 0 Å². The molecule has 3 aromatic heterocycles. The fourth-order valence-corrected chi connectivity index (χ4v) is 5.85. The van der Waals surface area contributed by atoms with Crippen LogP contribution in [0.3, 0.4) is 0 Å². The Morgan fingerprint density at radius 2 is 1.84 bits per heavy atom. The van der Waals surface area contributed by atoms with Crippen LogP contribution in [0.1, 0.15) is 35.0 Å². The summed E-state index contributed by atoms with van der Waals surface area (Å²) in [6.07, 6.45) is 5.01. The molecule has 1 aliphatic heterocycles. The molecule has 0 fully saturated rings. The Hall–Kier alpha value is -5.37. The molecule has 44 heavy (non-hydrogen) atoms. The number of aromatic nitrogens is 4. The Balaban J connectivity index is 1.20. The third kappa shape index (κ3) is 5.19. The highest BCUT2D eigenvalue weighted by atomic mass is 16.5. The largest absolute Gasteiger partial charge is 0.356 e. The van der Waals surface area contributed by atoms with Crippen molar-refractivity contribution in [2.75, 3.05) is 11.9 Å². The highest BCUT2D eigenvalue weighted by molar-refractivity contribution is 5.92. The van der Waals surface area contributed by atoms with Crippen molar-refractivity contribution in [2.24, 2.45) is 0 Å². The summed E-state index contributed by atoms with van der Waals surface area (Å²) in [6.45, 7) is 7.12. The molecule has 0 radical (unpaired) electrons. The Bertz CT molecular complexity index is 2020. The maximum atomic E-state index is 13.8. The van der Waals surface area contributed by atoms with Gasteiger partial charge in [0.1, 0.15) is 0 Å². The van der Waals surface area contributed by atoms with Gasteiger partial charge in [-0.25, -0.2) is 14.8 Å². The second-order valence-electron chi connectivity index (χ2n) is 11.2. The molecule has 2 amide bonds. The summed E-state index contributed by atoms with van der Waals surface area (Å²) in [6, 6.07) is 24.3. The summed E-state index contributed by atoms with van der Waals surface area (Å²) in [5, 5.41) is 8.26. The smallest absolute Gasteiger partial charge is 0.322 e. The first kappa shape index (κ1) is 27.5. The lowest BCUT2D eigenvalue weighted by atomic mass is 9.96. The Morgan fingerprint density at radius 3 is 2.66 bits per heavy atom. The van der Waals surface area contributed by atoms with Crippen molar-refractivity contribution in [1.82, 2.24) is 25.0 Å². The highest BCUT2D eigenvalue weighted by Crippen LogP contribution is 2.33. The van der Waals surface area contributed by atoms with Gasteiger partial charge in [-0.2, -0.15) is 0 Å². The first-order valence-electron chi connectivity index (χ1n) is 14.9. The van der Waals surface area contributed by atoms with E-state index in [2.05, 4.69) is 53.6 Å². The molecular formula is C36H32N6O2. The fourth-order valence-electron chi connectivity index (χ4n) is 5.85. The van der Waals surface area contributed by atoms with Gasteiger partial charge in [-0.15, -0.1) is 0 Å². The quantitative estimate of drug-likeness (QED) is 0.224. The number of urea groups is 1. The van der Waals surface area contributed by atoms with Gasteiger partial charge in [0.15, 0.2) is 11.4 Å². The van der Waals surface area contributed by atoms with Crippen molar-refractivity contribution in [2.45, 2.75) is 40.2 Å². The molecule has 0 saturated heterocycles. The predicted octanol–water partition coefficient (Wildman–Crippen LogP) is 7.78. The number of hydrogen-bond donors (Lipinski definition) is 1. The van der Waals surface area contributed by atoms with E-state index in [-0.39, 0.29) is 6.03 Å². The molecule has 0 aliphatic carbocycles. The van der Waals surface area contributed by atoms with Gasteiger partial charge in [0.25, 0.3) is 0 Å². The number of amides is 2. The lowest BCUT2D eigenvalue weighted by Gasteiger charge is -2.30. The van der Waals surface area contributed by atoms with E-state index in [9.17, 15) is 4.79 Å². The molecule has 1 aliphatic rings. The minimum absolute atomic E-state index is 0.146. The van der Waals surface area contributed by atoms with Crippen LogP contribution in [-0.2, 0) is 19.4 Å². The number of pyridine rings is 1. The van der Waals surface area contributed by atoms with Gasteiger partial charge in [-0.3, -0.25) is 4.98 Å². The predicted molar refractivity (Wildman–Crippen MR) is 172 cm³/mol. The molecule has 8 nitrogen and oxygen atoms in total. The van der Waals surface area contributed by atoms with Crippen molar-refractivity contribution in [3.8, 4) is 33.8 Å². The summed E-state index contributed by atoms with van der Waals surface area (Å²) in [7, 11) is 0. The zero-order valence-electron chi connectivity index (χ0n) is 25.0. The second kappa shape index (κ2) is 11.4. The van der Waals surface area contributed by atoms with E-state index < -0.39 is 0 Å². The Morgan fingerprint density at radius 1 is 0.955 bits per heavy atom. The molecule has 0 unspecified atom stereocenters. The van der Waals surface area contributed by atoms with Gasteiger partial charge in [-0.1, -0.05) is 48.5 Å². The molecule has 8 heteroatoms. The molecule has 3 aromatic carbocycles. The Labute approximate surface area is 255 Å². The first-order chi connectivity index (χ1) is 21.5. The molecular weight excluding hydrogens is 548 g/mol. The number of rotatable bonds is 5. The number of carbonyl (C=O) groups is 1. The number of benzene rings is 3. The van der Waals surface area contributed by atoms with Crippen LogP contribution < -0.4 is 5.32 Å². The molecule has 0 atom stereocenters. The fraction of sp³-hybridized carbons (Fsp3) is 0.194. The van der Waals surface area contributed by atoms with Crippen molar-refractivity contribution in [1.29, 1.82) is 0 Å². The van der Waals surface area contributed by atoms with Crippen molar-refractivity contribution in [3.05, 3.63) is 113 Å². The molecule has 0 spiro atoms. The monoisotopic (exact) mass is 580 g/mol. The van der Waals surface area contributed by atoms with Crippen LogP contribution in [0.2, 0.25) is 0 Å². The summed E-state index contributed by atoms with van der Waals surface area (Å²) >= 11 is 0. The van der Waals surface area contributed by atoms with Gasteiger partial charge in [0.2, 0.25) is 0 Å². The van der Waals surface area contributed by atoms with E-state index in [0.717, 1.165) is 79.1 Å². The van der Waals surface area contributed by atoms with Gasteiger partial charge in [0, 0.05) is 53.1 Å². The molecule has 218 valence electrons. The Kier molecular flexibility index (Phi) is 7.10. The summed E-state index contributed by atoms with van der Waals surface area (Å²) in [5.41, 5.74) is 11.4. The number of nitrogens with one attached hydrogen (secondary N) is 1. The third-order valence-electron chi connectivity index (χ3n) is 8.30. The van der Waals surface area contributed by atoms with Crippen LogP contribution >= 0.6 is 0 Å². The van der Waals surface area contributed by atoms with Crippen LogP contribution in [0.4, 0.5) is 10.5 Å². The lowest BCUT2D eigenvalue weighted by Crippen LogP contribution is -2.39. The average molecular weight is 581 g/mol. The van der Waals surface area contributed by atoms with E-state index in [0.29, 0.717) is 25.3 Å². The molecule has 4 heterocycles. The third-order valence-corrected chi connectivity index (χ3v) is 8.30. The maximum Gasteiger partial charge on any atom is 0.322 e. The molecule has 6 aromatic rings. The zero-order chi connectivity index (χ0) is 30.2. The topological polar surface area (TPSA) is 97.0 Å². The van der Waals surface area contributed by atoms with Crippen molar-refractivity contribution >= 4 is 22.7 Å². The summed E-state index contributed by atoms with van der Waals surface area (Å²) in [5.74, 6) is 0.650. The van der Waals surface area contributed by atoms with Crippen LogP contribution in [0.25, 0.3) is 44.7 Å².